The Bertz CT molecular complexity index is 550. The van der Waals surface area contributed by atoms with Crippen LogP contribution in [0, 0.1) is 0 Å². The molecular weight excluding hydrogens is 258 g/mol. The second-order valence-corrected chi connectivity index (χ2v) is 5.61. The molecule has 0 saturated carbocycles. The van der Waals surface area contributed by atoms with E-state index in [-0.39, 0.29) is 0 Å². The first-order chi connectivity index (χ1) is 10.3. The van der Waals surface area contributed by atoms with Gasteiger partial charge in [0.15, 0.2) is 0 Å². The highest BCUT2D eigenvalue weighted by atomic mass is 16.5. The minimum atomic E-state index is 0.926. The highest BCUT2D eigenvalue weighted by Crippen LogP contribution is 2.22. The standard InChI is InChI=1S/C19H27NO/c1-3-12-20-13-6-4-5-7-16-8-9-18-15-19(21-2)11-10-17(18)14-16/h8-11,14-15,20H,3-7,12-13H2,1-2H3. The van der Waals surface area contributed by atoms with E-state index in [1.807, 2.05) is 6.07 Å². The lowest BCUT2D eigenvalue weighted by Crippen LogP contribution is -2.15. The summed E-state index contributed by atoms with van der Waals surface area (Å²) >= 11 is 0. The Morgan fingerprint density at radius 3 is 2.52 bits per heavy atom. The molecule has 0 saturated heterocycles. The van der Waals surface area contributed by atoms with Crippen LogP contribution in [0.15, 0.2) is 36.4 Å². The average Bonchev–Trinajstić information content (AvgIpc) is 2.53. The van der Waals surface area contributed by atoms with Gasteiger partial charge in [-0.05, 0) is 67.2 Å². The second kappa shape index (κ2) is 8.68. The zero-order valence-electron chi connectivity index (χ0n) is 13.3. The Kier molecular flexibility index (Phi) is 6.55. The molecule has 0 fully saturated rings. The molecule has 0 aliphatic rings. The second-order valence-electron chi connectivity index (χ2n) is 5.61. The topological polar surface area (TPSA) is 21.3 Å². The third-order valence-electron chi connectivity index (χ3n) is 3.86. The Morgan fingerprint density at radius 1 is 0.905 bits per heavy atom. The van der Waals surface area contributed by atoms with Crippen LogP contribution in [0.25, 0.3) is 10.8 Å². The molecule has 21 heavy (non-hydrogen) atoms. The van der Waals surface area contributed by atoms with Crippen LogP contribution in [-0.2, 0) is 6.42 Å². The summed E-state index contributed by atoms with van der Waals surface area (Å²) in [6.45, 7) is 4.52. The van der Waals surface area contributed by atoms with E-state index in [1.54, 1.807) is 7.11 Å². The number of hydrogen-bond donors (Lipinski definition) is 1. The van der Waals surface area contributed by atoms with E-state index >= 15 is 0 Å². The van der Waals surface area contributed by atoms with Crippen LogP contribution in [0.2, 0.25) is 0 Å². The van der Waals surface area contributed by atoms with Crippen molar-refractivity contribution in [2.75, 3.05) is 20.2 Å². The van der Waals surface area contributed by atoms with Crippen LogP contribution in [0.4, 0.5) is 0 Å². The van der Waals surface area contributed by atoms with Crippen molar-refractivity contribution < 1.29 is 4.74 Å². The van der Waals surface area contributed by atoms with Gasteiger partial charge in [0, 0.05) is 0 Å². The van der Waals surface area contributed by atoms with Crippen LogP contribution < -0.4 is 10.1 Å². The van der Waals surface area contributed by atoms with Gasteiger partial charge in [0.25, 0.3) is 0 Å². The lowest BCUT2D eigenvalue weighted by Gasteiger charge is -2.06. The smallest absolute Gasteiger partial charge is 0.119 e. The minimum absolute atomic E-state index is 0.926. The third-order valence-corrected chi connectivity index (χ3v) is 3.86. The number of ether oxygens (including phenoxy) is 1. The zero-order chi connectivity index (χ0) is 14.9. The number of hydrogen-bond acceptors (Lipinski definition) is 2. The molecule has 2 aromatic carbocycles. The predicted octanol–water partition coefficient (Wildman–Crippen LogP) is 4.56. The van der Waals surface area contributed by atoms with Gasteiger partial charge in [-0.3, -0.25) is 0 Å². The quantitative estimate of drug-likeness (QED) is 0.682. The molecule has 2 heteroatoms. The average molecular weight is 285 g/mol. The number of rotatable bonds is 9. The van der Waals surface area contributed by atoms with E-state index in [1.165, 1.54) is 48.4 Å². The molecule has 0 spiro atoms. The van der Waals surface area contributed by atoms with Crippen LogP contribution >= 0.6 is 0 Å². The first kappa shape index (κ1) is 15.8. The molecule has 0 bridgehead atoms. The van der Waals surface area contributed by atoms with Gasteiger partial charge in [-0.25, -0.2) is 0 Å². The molecule has 2 rings (SSSR count). The van der Waals surface area contributed by atoms with Crippen LogP contribution in [-0.4, -0.2) is 20.2 Å². The Balaban J connectivity index is 1.80. The lowest BCUT2D eigenvalue weighted by molar-refractivity contribution is 0.415. The molecule has 0 aromatic heterocycles. The summed E-state index contributed by atoms with van der Waals surface area (Å²) in [6, 6.07) is 13.0. The number of unbranched alkanes of at least 4 members (excludes halogenated alkanes) is 2. The van der Waals surface area contributed by atoms with Crippen molar-refractivity contribution in [2.24, 2.45) is 0 Å². The van der Waals surface area contributed by atoms with Gasteiger partial charge in [-0.15, -0.1) is 0 Å². The molecule has 0 unspecified atom stereocenters. The van der Waals surface area contributed by atoms with Crippen molar-refractivity contribution in [1.29, 1.82) is 0 Å². The van der Waals surface area contributed by atoms with Gasteiger partial charge in [-0.2, -0.15) is 0 Å². The molecule has 0 aliphatic heterocycles. The highest BCUT2D eigenvalue weighted by molar-refractivity contribution is 5.84. The summed E-state index contributed by atoms with van der Waals surface area (Å²) in [5.74, 6) is 0.926. The SMILES string of the molecule is CCCNCCCCCc1ccc2cc(OC)ccc2c1. The number of methoxy groups -OCH3 is 1. The van der Waals surface area contributed by atoms with Crippen LogP contribution in [0.5, 0.6) is 5.75 Å². The van der Waals surface area contributed by atoms with Gasteiger partial charge in [-0.1, -0.05) is 37.6 Å². The van der Waals surface area contributed by atoms with Crippen molar-refractivity contribution in [2.45, 2.75) is 39.0 Å². The third kappa shape index (κ3) is 5.05. The molecule has 0 atom stereocenters. The lowest BCUT2D eigenvalue weighted by atomic mass is 10.0. The fourth-order valence-corrected chi connectivity index (χ4v) is 2.61. The van der Waals surface area contributed by atoms with Crippen LogP contribution in [0.3, 0.4) is 0 Å². The summed E-state index contributed by atoms with van der Waals surface area (Å²) in [5, 5.41) is 6.01. The molecule has 0 heterocycles. The minimum Gasteiger partial charge on any atom is -0.497 e. The number of benzene rings is 2. The summed E-state index contributed by atoms with van der Waals surface area (Å²) in [7, 11) is 1.71. The number of fused-ring (bicyclic) bond motifs is 1. The van der Waals surface area contributed by atoms with Gasteiger partial charge in [0.05, 0.1) is 7.11 Å². The van der Waals surface area contributed by atoms with E-state index in [4.69, 9.17) is 4.74 Å². The number of nitrogens with one attached hydrogen (secondary N) is 1. The van der Waals surface area contributed by atoms with Crippen molar-refractivity contribution in [3.05, 3.63) is 42.0 Å². The Labute approximate surface area is 128 Å². The molecule has 0 radical (unpaired) electrons. The van der Waals surface area contributed by atoms with Gasteiger partial charge in [0.2, 0.25) is 0 Å². The maximum atomic E-state index is 5.27. The first-order valence-corrected chi connectivity index (χ1v) is 8.11. The molecular formula is C19H27NO. The van der Waals surface area contributed by atoms with Crippen molar-refractivity contribution in [1.82, 2.24) is 5.32 Å². The monoisotopic (exact) mass is 285 g/mol. The van der Waals surface area contributed by atoms with Gasteiger partial charge < -0.3 is 10.1 Å². The van der Waals surface area contributed by atoms with E-state index in [0.717, 1.165) is 18.8 Å². The normalized spacial score (nSPS) is 11.0. The highest BCUT2D eigenvalue weighted by Gasteiger charge is 1.99. The summed E-state index contributed by atoms with van der Waals surface area (Å²) in [5.41, 5.74) is 1.44. The molecule has 0 amide bonds. The summed E-state index contributed by atoms with van der Waals surface area (Å²) < 4.78 is 5.27. The van der Waals surface area contributed by atoms with Gasteiger partial charge >= 0.3 is 0 Å². The molecule has 2 aromatic rings. The zero-order valence-corrected chi connectivity index (χ0v) is 13.3. The Morgan fingerprint density at radius 2 is 1.71 bits per heavy atom. The van der Waals surface area contributed by atoms with E-state index in [0.29, 0.717) is 0 Å². The van der Waals surface area contributed by atoms with Gasteiger partial charge in [0.1, 0.15) is 5.75 Å². The van der Waals surface area contributed by atoms with Crippen molar-refractivity contribution >= 4 is 10.8 Å². The molecule has 1 N–H and O–H groups in total. The maximum Gasteiger partial charge on any atom is 0.119 e. The van der Waals surface area contributed by atoms with Crippen molar-refractivity contribution in [3.8, 4) is 5.75 Å². The number of aryl methyl sites for hydroxylation is 1. The predicted molar refractivity (Wildman–Crippen MR) is 91.2 cm³/mol. The van der Waals surface area contributed by atoms with E-state index < -0.39 is 0 Å². The van der Waals surface area contributed by atoms with E-state index in [9.17, 15) is 0 Å². The molecule has 0 aliphatic carbocycles. The molecule has 114 valence electrons. The largest absolute Gasteiger partial charge is 0.497 e. The van der Waals surface area contributed by atoms with E-state index in [2.05, 4.69) is 42.6 Å². The van der Waals surface area contributed by atoms with Crippen molar-refractivity contribution in [3.63, 3.8) is 0 Å². The maximum absolute atomic E-state index is 5.27. The Hall–Kier alpha value is -1.54. The fourth-order valence-electron chi connectivity index (χ4n) is 2.61. The van der Waals surface area contributed by atoms with Crippen LogP contribution in [0.1, 0.15) is 38.2 Å². The molecule has 2 nitrogen and oxygen atoms in total. The summed E-state index contributed by atoms with van der Waals surface area (Å²) in [4.78, 5) is 0. The summed E-state index contributed by atoms with van der Waals surface area (Å²) in [6.07, 6.45) is 6.26. The fraction of sp³-hybridized carbons (Fsp3) is 0.474. The first-order valence-electron chi connectivity index (χ1n) is 8.11.